The van der Waals surface area contributed by atoms with Gasteiger partial charge in [0.15, 0.2) is 0 Å². The second-order valence-corrected chi connectivity index (χ2v) is 9.76. The van der Waals surface area contributed by atoms with Crippen LogP contribution in [0, 0.1) is 13.8 Å². The van der Waals surface area contributed by atoms with E-state index in [-0.39, 0.29) is 5.60 Å². The molecule has 1 aromatic heterocycles. The fourth-order valence-electron chi connectivity index (χ4n) is 3.83. The van der Waals surface area contributed by atoms with E-state index in [4.69, 9.17) is 21.3 Å². The summed E-state index contributed by atoms with van der Waals surface area (Å²) in [6, 6.07) is 7.97. The largest absolute Gasteiger partial charge is 0.389 e. The molecule has 1 aliphatic rings. The highest BCUT2D eigenvalue weighted by Crippen LogP contribution is 2.25. The Balaban J connectivity index is 1.65. The van der Waals surface area contributed by atoms with Crippen LogP contribution in [0.25, 0.3) is 0 Å². The highest BCUT2D eigenvalue weighted by molar-refractivity contribution is 6.30. The number of aromatic nitrogens is 2. The van der Waals surface area contributed by atoms with Gasteiger partial charge in [-0.15, -0.1) is 0 Å². The predicted octanol–water partition coefficient (Wildman–Crippen LogP) is 3.64. The Bertz CT molecular complexity index is 859. The molecule has 170 valence electrons. The SMILES string of the molecule is Cc1nc(C)c(Cc2ccc(Cl)cc2)c(N2CCN(CC(O)COC(C)(C)C)CC2)n1. The third kappa shape index (κ3) is 7.14. The molecule has 0 radical (unpaired) electrons. The average molecular weight is 447 g/mol. The van der Waals surface area contributed by atoms with Gasteiger partial charge in [-0.3, -0.25) is 4.90 Å². The van der Waals surface area contributed by atoms with E-state index in [0.717, 1.165) is 55.0 Å². The second-order valence-electron chi connectivity index (χ2n) is 9.33. The number of aliphatic hydroxyl groups is 1. The van der Waals surface area contributed by atoms with Crippen LogP contribution >= 0.6 is 11.6 Å². The molecule has 7 heteroatoms. The van der Waals surface area contributed by atoms with Crippen molar-refractivity contribution in [3.63, 3.8) is 0 Å². The first kappa shape index (κ1) is 23.9. The van der Waals surface area contributed by atoms with Crippen molar-refractivity contribution >= 4 is 17.4 Å². The molecule has 3 rings (SSSR count). The molecule has 1 fully saturated rings. The highest BCUT2D eigenvalue weighted by Gasteiger charge is 2.24. The number of nitrogens with zero attached hydrogens (tertiary/aromatic N) is 4. The summed E-state index contributed by atoms with van der Waals surface area (Å²) in [6.07, 6.45) is 0.302. The van der Waals surface area contributed by atoms with Gasteiger partial charge in [0.05, 0.1) is 18.3 Å². The molecule has 1 unspecified atom stereocenters. The summed E-state index contributed by atoms with van der Waals surface area (Å²) in [4.78, 5) is 14.1. The summed E-state index contributed by atoms with van der Waals surface area (Å²) in [5.74, 6) is 1.82. The van der Waals surface area contributed by atoms with Crippen LogP contribution in [0.3, 0.4) is 0 Å². The number of hydrogen-bond donors (Lipinski definition) is 1. The number of benzene rings is 1. The first-order chi connectivity index (χ1) is 14.6. The molecule has 0 saturated carbocycles. The lowest BCUT2D eigenvalue weighted by molar-refractivity contribution is -0.0563. The number of rotatable bonds is 7. The van der Waals surface area contributed by atoms with Gasteiger partial charge in [-0.2, -0.15) is 0 Å². The zero-order valence-electron chi connectivity index (χ0n) is 19.4. The third-order valence-corrected chi connectivity index (χ3v) is 5.70. The van der Waals surface area contributed by atoms with E-state index in [2.05, 4.69) is 33.8 Å². The molecular formula is C24H35ClN4O2. The Kier molecular flexibility index (Phi) is 7.92. The van der Waals surface area contributed by atoms with E-state index in [1.807, 2.05) is 39.8 Å². The molecule has 6 nitrogen and oxygen atoms in total. The van der Waals surface area contributed by atoms with Gasteiger partial charge < -0.3 is 14.7 Å². The normalized spacial score (nSPS) is 16.5. The predicted molar refractivity (Wildman–Crippen MR) is 126 cm³/mol. The first-order valence-electron chi connectivity index (χ1n) is 11.0. The van der Waals surface area contributed by atoms with Crippen molar-refractivity contribution < 1.29 is 9.84 Å². The maximum Gasteiger partial charge on any atom is 0.136 e. The minimum atomic E-state index is -0.477. The monoisotopic (exact) mass is 446 g/mol. The van der Waals surface area contributed by atoms with E-state index < -0.39 is 6.10 Å². The van der Waals surface area contributed by atoms with Crippen LogP contribution in [0.5, 0.6) is 0 Å². The van der Waals surface area contributed by atoms with Crippen molar-refractivity contribution in [1.29, 1.82) is 0 Å². The quantitative estimate of drug-likeness (QED) is 0.700. The highest BCUT2D eigenvalue weighted by atomic mass is 35.5. The summed E-state index contributed by atoms with van der Waals surface area (Å²) in [5.41, 5.74) is 3.15. The first-order valence-corrected chi connectivity index (χ1v) is 11.4. The molecule has 1 N–H and O–H groups in total. The Hall–Kier alpha value is -1.73. The smallest absolute Gasteiger partial charge is 0.136 e. The standard InChI is InChI=1S/C24H35ClN4O2/c1-17-22(14-19-6-8-20(25)9-7-19)23(27-18(2)26-17)29-12-10-28(11-13-29)15-21(30)16-31-24(3,4)5/h6-9,21,30H,10-16H2,1-5H3. The van der Waals surface area contributed by atoms with E-state index >= 15 is 0 Å². The van der Waals surface area contributed by atoms with Crippen LogP contribution < -0.4 is 4.90 Å². The minimum Gasteiger partial charge on any atom is -0.389 e. The lowest BCUT2D eigenvalue weighted by Gasteiger charge is -2.37. The van der Waals surface area contributed by atoms with Crippen LogP contribution in [-0.4, -0.2) is 71.0 Å². The van der Waals surface area contributed by atoms with E-state index in [9.17, 15) is 5.11 Å². The van der Waals surface area contributed by atoms with Crippen molar-refractivity contribution in [2.75, 3.05) is 44.2 Å². The molecule has 0 aliphatic carbocycles. The molecule has 2 heterocycles. The van der Waals surface area contributed by atoms with Gasteiger partial charge in [0.1, 0.15) is 11.6 Å². The Labute approximate surface area is 191 Å². The zero-order valence-corrected chi connectivity index (χ0v) is 20.1. The summed E-state index contributed by atoms with van der Waals surface area (Å²) in [6.45, 7) is 14.5. The summed E-state index contributed by atoms with van der Waals surface area (Å²) in [7, 11) is 0. The van der Waals surface area contributed by atoms with Gasteiger partial charge in [0.25, 0.3) is 0 Å². The number of aryl methyl sites for hydroxylation is 2. The van der Waals surface area contributed by atoms with Gasteiger partial charge in [-0.1, -0.05) is 23.7 Å². The maximum absolute atomic E-state index is 10.3. The van der Waals surface area contributed by atoms with Crippen LogP contribution in [0.4, 0.5) is 5.82 Å². The molecule has 1 atom stereocenters. The van der Waals surface area contributed by atoms with Gasteiger partial charge in [-0.05, 0) is 52.3 Å². The zero-order chi connectivity index (χ0) is 22.6. The average Bonchev–Trinajstić information content (AvgIpc) is 2.70. The Morgan fingerprint density at radius 2 is 1.71 bits per heavy atom. The van der Waals surface area contributed by atoms with Gasteiger partial charge in [0, 0.05) is 55.4 Å². The van der Waals surface area contributed by atoms with Crippen LogP contribution in [0.15, 0.2) is 24.3 Å². The summed E-state index contributed by atoms with van der Waals surface area (Å²) < 4.78 is 5.72. The number of hydrogen-bond acceptors (Lipinski definition) is 6. The number of halogens is 1. The molecule has 31 heavy (non-hydrogen) atoms. The van der Waals surface area contributed by atoms with Gasteiger partial charge in [-0.25, -0.2) is 9.97 Å². The third-order valence-electron chi connectivity index (χ3n) is 5.45. The molecule has 0 amide bonds. The number of β-amino-alcohol motifs (C(OH)–C–C–N with tert-alkyl or cyclic N) is 1. The Morgan fingerprint density at radius 1 is 1.06 bits per heavy atom. The summed E-state index contributed by atoms with van der Waals surface area (Å²) in [5, 5.41) is 11.1. The van der Waals surface area contributed by atoms with Gasteiger partial charge in [0.2, 0.25) is 0 Å². The van der Waals surface area contributed by atoms with Crippen molar-refractivity contribution in [3.05, 3.63) is 51.9 Å². The van der Waals surface area contributed by atoms with Crippen LogP contribution in [-0.2, 0) is 11.2 Å². The molecule has 1 aliphatic heterocycles. The molecule has 1 saturated heterocycles. The number of aliphatic hydroxyl groups excluding tert-OH is 1. The lowest BCUT2D eigenvalue weighted by Crippen LogP contribution is -2.50. The second kappa shape index (κ2) is 10.3. The van der Waals surface area contributed by atoms with Crippen molar-refractivity contribution in [2.45, 2.75) is 52.7 Å². The van der Waals surface area contributed by atoms with E-state index in [1.54, 1.807) is 0 Å². The van der Waals surface area contributed by atoms with Crippen LogP contribution in [0.1, 0.15) is 43.4 Å². The van der Waals surface area contributed by atoms with Crippen molar-refractivity contribution in [3.8, 4) is 0 Å². The van der Waals surface area contributed by atoms with Crippen molar-refractivity contribution in [2.24, 2.45) is 0 Å². The van der Waals surface area contributed by atoms with Gasteiger partial charge >= 0.3 is 0 Å². The molecular weight excluding hydrogens is 412 g/mol. The lowest BCUT2D eigenvalue weighted by atomic mass is 10.0. The molecule has 2 aromatic rings. The van der Waals surface area contributed by atoms with Crippen LogP contribution in [0.2, 0.25) is 5.02 Å². The molecule has 0 spiro atoms. The number of anilines is 1. The van der Waals surface area contributed by atoms with Crippen molar-refractivity contribution in [1.82, 2.24) is 14.9 Å². The number of ether oxygens (including phenoxy) is 1. The van der Waals surface area contributed by atoms with E-state index in [1.165, 1.54) is 11.1 Å². The Morgan fingerprint density at radius 3 is 2.32 bits per heavy atom. The maximum atomic E-state index is 10.3. The minimum absolute atomic E-state index is 0.233. The fraction of sp³-hybridized carbons (Fsp3) is 0.583. The summed E-state index contributed by atoms with van der Waals surface area (Å²) >= 11 is 6.05. The number of piperazine rings is 1. The topological polar surface area (TPSA) is 61.7 Å². The molecule has 0 bridgehead atoms. The van der Waals surface area contributed by atoms with E-state index in [0.29, 0.717) is 13.2 Å². The molecule has 1 aromatic carbocycles. The fourth-order valence-corrected chi connectivity index (χ4v) is 3.96.